The minimum absolute atomic E-state index is 0. The topological polar surface area (TPSA) is 154 Å². The van der Waals surface area contributed by atoms with E-state index >= 15 is 0 Å². The molecule has 172 valence electrons. The summed E-state index contributed by atoms with van der Waals surface area (Å²) in [5, 5.41) is 1.86. The molecular formula is C15H29Cl4N5O3S2. The van der Waals surface area contributed by atoms with Crippen LogP contribution in [0.4, 0.5) is 0 Å². The van der Waals surface area contributed by atoms with Gasteiger partial charge < -0.3 is 17.2 Å². The van der Waals surface area contributed by atoms with Crippen molar-refractivity contribution in [2.75, 3.05) is 6.54 Å². The van der Waals surface area contributed by atoms with Crippen molar-refractivity contribution in [2.45, 2.75) is 49.4 Å². The first-order chi connectivity index (χ1) is 12.1. The van der Waals surface area contributed by atoms with Gasteiger partial charge in [0.25, 0.3) is 5.91 Å². The predicted octanol–water partition coefficient (Wildman–Crippen LogP) is 2.49. The van der Waals surface area contributed by atoms with Crippen molar-refractivity contribution >= 4 is 81.9 Å². The summed E-state index contributed by atoms with van der Waals surface area (Å²) in [6.45, 7) is 4.19. The normalized spacial score (nSPS) is 14.3. The number of carbonyl (C=O) groups excluding carboxylic acids is 2. The molecule has 1 heterocycles. The van der Waals surface area contributed by atoms with E-state index in [9.17, 15) is 13.8 Å². The largest absolute Gasteiger partial charge is 0.330 e. The molecule has 1 aromatic rings. The van der Waals surface area contributed by atoms with Gasteiger partial charge in [-0.15, -0.1) is 52.9 Å². The molecular weight excluding hydrogens is 504 g/mol. The molecule has 0 bridgehead atoms. The lowest BCUT2D eigenvalue weighted by atomic mass is 10.0. The fraction of sp³-hybridized carbons (Fsp3) is 0.600. The lowest BCUT2D eigenvalue weighted by Crippen LogP contribution is -2.44. The Hall–Kier alpha value is -0.170. The Balaban J connectivity index is -0.00000225. The number of carbonyl (C=O) groups is 2. The lowest BCUT2D eigenvalue weighted by Gasteiger charge is -2.16. The van der Waals surface area contributed by atoms with E-state index in [4.69, 9.17) is 28.8 Å². The second kappa shape index (κ2) is 15.6. The molecule has 29 heavy (non-hydrogen) atoms. The fourth-order valence-corrected chi connectivity index (χ4v) is 5.14. The van der Waals surface area contributed by atoms with E-state index in [1.165, 1.54) is 11.4 Å². The molecule has 0 saturated heterocycles. The van der Waals surface area contributed by atoms with Crippen molar-refractivity contribution in [1.29, 1.82) is 0 Å². The highest BCUT2D eigenvalue weighted by Gasteiger charge is 2.25. The Morgan fingerprint density at radius 1 is 1.24 bits per heavy atom. The van der Waals surface area contributed by atoms with Gasteiger partial charge in [-0.25, -0.2) is 4.21 Å². The summed E-state index contributed by atoms with van der Waals surface area (Å²) in [7, 11) is -3.58. The Morgan fingerprint density at radius 3 is 2.28 bits per heavy atom. The van der Waals surface area contributed by atoms with Gasteiger partial charge in [-0.05, 0) is 37.8 Å². The first-order valence-corrected chi connectivity index (χ1v) is 10.9. The first-order valence-electron chi connectivity index (χ1n) is 8.17. The summed E-state index contributed by atoms with van der Waals surface area (Å²) >= 11 is 6.91. The van der Waals surface area contributed by atoms with Crippen molar-refractivity contribution < 1.29 is 13.8 Å². The molecule has 1 aromatic heterocycles. The standard InChI is InChI=1S/C15H26ClN5O3S2.3ClH/c1-9(2)6-12(19)15(23)21-26(24,13-7-10(16)8-25-13)20-14(22)11(18)4-3-5-17;;;/h7-9,11-12H,3-6,17-19H2,1-2H3,(H,20,21,22,23,24);3*1H/t11-,12+,26+;;;/m1.../s1. The number of hydrogen-bond acceptors (Lipinski definition) is 7. The highest BCUT2D eigenvalue weighted by atomic mass is 35.5. The van der Waals surface area contributed by atoms with Crippen molar-refractivity contribution in [2.24, 2.45) is 27.5 Å². The maximum Gasteiger partial charge on any atom is 0.272 e. The number of amides is 2. The zero-order valence-corrected chi connectivity index (χ0v) is 20.9. The number of rotatable bonds is 9. The molecule has 0 spiro atoms. The van der Waals surface area contributed by atoms with Crippen LogP contribution in [-0.2, 0) is 19.5 Å². The summed E-state index contributed by atoms with van der Waals surface area (Å²) in [6.07, 6.45) is 1.24. The molecule has 0 saturated carbocycles. The molecule has 0 aliphatic heterocycles. The summed E-state index contributed by atoms with van der Waals surface area (Å²) in [4.78, 5) is 24.6. The van der Waals surface area contributed by atoms with Gasteiger partial charge in [0.1, 0.15) is 4.21 Å². The molecule has 0 radical (unpaired) electrons. The molecule has 1 rings (SSSR count). The van der Waals surface area contributed by atoms with Gasteiger partial charge >= 0.3 is 0 Å². The third kappa shape index (κ3) is 11.1. The van der Waals surface area contributed by atoms with Crippen LogP contribution in [0, 0.1) is 5.92 Å². The number of hydrogen-bond donors (Lipinski definition) is 4. The average Bonchev–Trinajstić information content (AvgIpc) is 2.98. The van der Waals surface area contributed by atoms with Crippen LogP contribution in [0.1, 0.15) is 33.1 Å². The fourth-order valence-electron chi connectivity index (χ4n) is 2.04. The zero-order chi connectivity index (χ0) is 19.9. The van der Waals surface area contributed by atoms with Crippen LogP contribution < -0.4 is 21.9 Å². The Labute approximate surface area is 199 Å². The van der Waals surface area contributed by atoms with Crippen LogP contribution in [0.5, 0.6) is 0 Å². The number of nitrogens with one attached hydrogen (secondary N) is 1. The van der Waals surface area contributed by atoms with Gasteiger partial charge in [-0.1, -0.05) is 25.4 Å². The SMILES string of the molecule is CC(C)C[C@H](N)C(=O)N=[S@@](=O)(NC(=O)[C@H](N)CCCN)c1cc(Cl)cs1.Cl.Cl.Cl. The monoisotopic (exact) mass is 531 g/mol. The van der Waals surface area contributed by atoms with Crippen LogP contribution in [0.3, 0.4) is 0 Å². The van der Waals surface area contributed by atoms with E-state index in [2.05, 4.69) is 9.08 Å². The van der Waals surface area contributed by atoms with Gasteiger partial charge in [0, 0.05) is 5.38 Å². The first kappa shape index (κ1) is 33.5. The third-order valence-corrected chi connectivity index (χ3v) is 6.99. The molecule has 0 aliphatic carbocycles. The van der Waals surface area contributed by atoms with Crippen molar-refractivity contribution in [3.63, 3.8) is 0 Å². The van der Waals surface area contributed by atoms with Crippen molar-refractivity contribution in [1.82, 2.24) is 4.72 Å². The van der Waals surface area contributed by atoms with E-state index in [0.717, 1.165) is 11.3 Å². The number of nitrogens with two attached hydrogens (primary N) is 3. The molecule has 14 heteroatoms. The molecule has 2 amide bonds. The molecule has 0 fully saturated rings. The maximum absolute atomic E-state index is 13.3. The van der Waals surface area contributed by atoms with Gasteiger partial charge in [0.05, 0.1) is 17.1 Å². The van der Waals surface area contributed by atoms with E-state index in [0.29, 0.717) is 30.8 Å². The van der Waals surface area contributed by atoms with E-state index in [-0.39, 0.29) is 47.3 Å². The Bertz CT molecular complexity index is 754. The molecule has 7 N–H and O–H groups in total. The molecule has 8 nitrogen and oxygen atoms in total. The highest BCUT2D eigenvalue weighted by molar-refractivity contribution is 7.94. The number of halogens is 4. The Kier molecular flexibility index (Phi) is 18.0. The smallest absolute Gasteiger partial charge is 0.272 e. The van der Waals surface area contributed by atoms with Gasteiger partial charge in [-0.3, -0.25) is 14.3 Å². The second-order valence-electron chi connectivity index (χ2n) is 6.28. The van der Waals surface area contributed by atoms with E-state index in [1.807, 2.05) is 13.8 Å². The van der Waals surface area contributed by atoms with Crippen molar-refractivity contribution in [3.8, 4) is 0 Å². The van der Waals surface area contributed by atoms with E-state index in [1.54, 1.807) is 0 Å². The molecule has 0 aliphatic rings. The minimum atomic E-state index is -3.58. The van der Waals surface area contributed by atoms with Gasteiger partial charge in [0.2, 0.25) is 5.91 Å². The quantitative estimate of drug-likeness (QED) is 0.383. The number of nitrogens with zero attached hydrogens (tertiary/aromatic N) is 1. The predicted molar refractivity (Wildman–Crippen MR) is 127 cm³/mol. The third-order valence-electron chi connectivity index (χ3n) is 3.37. The highest BCUT2D eigenvalue weighted by Crippen LogP contribution is 2.25. The average molecular weight is 533 g/mol. The molecule has 3 atom stereocenters. The minimum Gasteiger partial charge on any atom is -0.330 e. The zero-order valence-electron chi connectivity index (χ0n) is 16.0. The van der Waals surface area contributed by atoms with Crippen LogP contribution in [-0.4, -0.2) is 34.7 Å². The van der Waals surface area contributed by atoms with Crippen LogP contribution in [0.25, 0.3) is 0 Å². The van der Waals surface area contributed by atoms with Crippen molar-refractivity contribution in [3.05, 3.63) is 16.5 Å². The molecule has 0 aromatic carbocycles. The van der Waals surface area contributed by atoms with E-state index < -0.39 is 33.8 Å². The summed E-state index contributed by atoms with van der Waals surface area (Å²) < 4.78 is 19.5. The van der Waals surface area contributed by atoms with Crippen LogP contribution in [0.2, 0.25) is 5.02 Å². The summed E-state index contributed by atoms with van der Waals surface area (Å²) in [6, 6.07) is -0.427. The number of thiophene rings is 1. The molecule has 0 unspecified atom stereocenters. The summed E-state index contributed by atoms with van der Waals surface area (Å²) in [5.74, 6) is -1.26. The summed E-state index contributed by atoms with van der Waals surface area (Å²) in [5.41, 5.74) is 17.0. The van der Waals surface area contributed by atoms with Gasteiger partial charge in [-0.2, -0.15) is 0 Å². The Morgan fingerprint density at radius 2 is 1.83 bits per heavy atom. The second-order valence-corrected chi connectivity index (χ2v) is 9.76. The lowest BCUT2D eigenvalue weighted by molar-refractivity contribution is -0.120. The van der Waals surface area contributed by atoms with Crippen LogP contribution >= 0.6 is 60.2 Å². The van der Waals surface area contributed by atoms with Gasteiger partial charge in [0.15, 0.2) is 9.92 Å². The maximum atomic E-state index is 13.3. The van der Waals surface area contributed by atoms with Crippen LogP contribution in [0.15, 0.2) is 20.0 Å².